The molecule has 2 rings (SSSR count). The lowest BCUT2D eigenvalue weighted by Crippen LogP contribution is -2.40. The molecule has 28 heavy (non-hydrogen) atoms. The predicted molar refractivity (Wildman–Crippen MR) is 116 cm³/mol. The molecule has 2 N–H and O–H groups in total. The molecule has 1 aromatic carbocycles. The first-order chi connectivity index (χ1) is 13.3. The number of hydrogen-bond acceptors (Lipinski definition) is 5. The second-order valence-electron chi connectivity index (χ2n) is 6.81. The van der Waals surface area contributed by atoms with Crippen LogP contribution in [0.2, 0.25) is 0 Å². The quantitative estimate of drug-likeness (QED) is 0.351. The van der Waals surface area contributed by atoms with Crippen LogP contribution in [0, 0.1) is 5.92 Å². The van der Waals surface area contributed by atoms with E-state index in [0.29, 0.717) is 29.1 Å². The number of imide groups is 1. The number of aromatic nitrogens is 2. The van der Waals surface area contributed by atoms with Gasteiger partial charge < -0.3 is 5.32 Å². The molecule has 9 heteroatoms. The van der Waals surface area contributed by atoms with Crippen LogP contribution in [0.15, 0.2) is 32.6 Å². The first kappa shape index (κ1) is 22.4. The van der Waals surface area contributed by atoms with E-state index in [1.807, 2.05) is 26.8 Å². The molecule has 0 saturated heterocycles. The maximum absolute atomic E-state index is 12.9. The SMILES string of the molecule is CCCCNC(=O)NC(=O)CSc1nc2ccc(Br)cc2c(=O)n1CC(C)C. The monoisotopic (exact) mass is 468 g/mol. The molecule has 0 aliphatic carbocycles. The van der Waals surface area contributed by atoms with E-state index >= 15 is 0 Å². The number of hydrogen-bond donors (Lipinski definition) is 2. The molecular formula is C19H25BrN4O3S. The summed E-state index contributed by atoms with van der Waals surface area (Å²) in [6.07, 6.45) is 1.82. The van der Waals surface area contributed by atoms with Crippen molar-refractivity contribution in [2.24, 2.45) is 5.92 Å². The van der Waals surface area contributed by atoms with Crippen molar-refractivity contribution >= 4 is 50.5 Å². The number of fused-ring (bicyclic) bond motifs is 1. The zero-order valence-corrected chi connectivity index (χ0v) is 18.7. The highest BCUT2D eigenvalue weighted by molar-refractivity contribution is 9.10. The summed E-state index contributed by atoms with van der Waals surface area (Å²) in [6.45, 7) is 7.07. The summed E-state index contributed by atoms with van der Waals surface area (Å²) in [5.41, 5.74) is 0.439. The standard InChI is InChI=1S/C19H25BrN4O3S/c1-4-5-8-21-18(27)23-16(25)11-28-19-22-15-7-6-13(20)9-14(15)17(26)24(19)10-12(2)3/h6-7,9,12H,4-5,8,10-11H2,1-3H3,(H2,21,23,25,27). The Kier molecular flexibility index (Phi) is 8.50. The van der Waals surface area contributed by atoms with E-state index in [0.717, 1.165) is 29.1 Å². The summed E-state index contributed by atoms with van der Waals surface area (Å²) in [4.78, 5) is 41.3. The zero-order valence-electron chi connectivity index (χ0n) is 16.3. The number of halogens is 1. The Morgan fingerprint density at radius 1 is 1.32 bits per heavy atom. The number of rotatable bonds is 8. The number of carbonyl (C=O) groups is 2. The van der Waals surface area contributed by atoms with Crippen molar-refractivity contribution in [1.82, 2.24) is 20.2 Å². The maximum Gasteiger partial charge on any atom is 0.321 e. The van der Waals surface area contributed by atoms with E-state index in [-0.39, 0.29) is 17.2 Å². The van der Waals surface area contributed by atoms with Gasteiger partial charge in [0.1, 0.15) is 0 Å². The van der Waals surface area contributed by atoms with E-state index in [9.17, 15) is 14.4 Å². The second-order valence-corrected chi connectivity index (χ2v) is 8.67. The number of amides is 3. The Bertz CT molecular complexity index is 914. The van der Waals surface area contributed by atoms with Gasteiger partial charge in [-0.3, -0.25) is 19.5 Å². The Morgan fingerprint density at radius 2 is 2.07 bits per heavy atom. The van der Waals surface area contributed by atoms with Crippen molar-refractivity contribution in [2.45, 2.75) is 45.3 Å². The number of nitrogens with one attached hydrogen (secondary N) is 2. The van der Waals surface area contributed by atoms with Gasteiger partial charge >= 0.3 is 6.03 Å². The lowest BCUT2D eigenvalue weighted by atomic mass is 10.2. The molecule has 3 amide bonds. The lowest BCUT2D eigenvalue weighted by Gasteiger charge is -2.15. The third-order valence-electron chi connectivity index (χ3n) is 3.83. The molecule has 1 aromatic heterocycles. The molecule has 0 aliphatic heterocycles. The molecular weight excluding hydrogens is 444 g/mol. The molecule has 0 fully saturated rings. The largest absolute Gasteiger partial charge is 0.338 e. The van der Waals surface area contributed by atoms with Gasteiger partial charge in [-0.2, -0.15) is 0 Å². The van der Waals surface area contributed by atoms with E-state index in [4.69, 9.17) is 0 Å². The number of nitrogens with zero attached hydrogens (tertiary/aromatic N) is 2. The molecule has 0 unspecified atom stereocenters. The molecule has 0 saturated carbocycles. The first-order valence-corrected chi connectivity index (χ1v) is 11.0. The molecule has 1 heterocycles. The summed E-state index contributed by atoms with van der Waals surface area (Å²) >= 11 is 4.53. The molecule has 0 spiro atoms. The third-order valence-corrected chi connectivity index (χ3v) is 5.30. The Labute approximate surface area is 176 Å². The highest BCUT2D eigenvalue weighted by Gasteiger charge is 2.15. The van der Waals surface area contributed by atoms with Crippen LogP contribution in [0.25, 0.3) is 10.9 Å². The topological polar surface area (TPSA) is 93.1 Å². The summed E-state index contributed by atoms with van der Waals surface area (Å²) in [5, 5.41) is 5.93. The van der Waals surface area contributed by atoms with Gasteiger partial charge in [-0.05, 0) is 30.5 Å². The van der Waals surface area contributed by atoms with Gasteiger partial charge in [0.2, 0.25) is 5.91 Å². The molecule has 0 atom stereocenters. The Balaban J connectivity index is 2.16. The molecule has 0 aliphatic rings. The normalized spacial score (nSPS) is 11.0. The van der Waals surface area contributed by atoms with Gasteiger partial charge in [0.05, 0.1) is 16.7 Å². The number of benzene rings is 1. The Morgan fingerprint density at radius 3 is 2.75 bits per heavy atom. The minimum absolute atomic E-state index is 0.00618. The van der Waals surface area contributed by atoms with E-state index in [2.05, 4.69) is 31.5 Å². The van der Waals surface area contributed by atoms with E-state index < -0.39 is 11.9 Å². The molecule has 0 bridgehead atoms. The van der Waals surface area contributed by atoms with Crippen molar-refractivity contribution < 1.29 is 9.59 Å². The van der Waals surface area contributed by atoms with Crippen LogP contribution < -0.4 is 16.2 Å². The van der Waals surface area contributed by atoms with Crippen LogP contribution in [0.3, 0.4) is 0 Å². The van der Waals surface area contributed by atoms with Crippen LogP contribution in [-0.2, 0) is 11.3 Å². The van der Waals surface area contributed by atoms with Crippen LogP contribution >= 0.6 is 27.7 Å². The summed E-state index contributed by atoms with van der Waals surface area (Å²) < 4.78 is 2.41. The maximum atomic E-state index is 12.9. The Hall–Kier alpha value is -1.87. The van der Waals surface area contributed by atoms with Crippen molar-refractivity contribution in [1.29, 1.82) is 0 Å². The summed E-state index contributed by atoms with van der Waals surface area (Å²) in [7, 11) is 0. The lowest BCUT2D eigenvalue weighted by molar-refractivity contribution is -0.117. The smallest absolute Gasteiger partial charge is 0.321 e. The molecule has 152 valence electrons. The van der Waals surface area contributed by atoms with Crippen molar-refractivity contribution in [2.75, 3.05) is 12.3 Å². The average Bonchev–Trinajstić information content (AvgIpc) is 2.63. The van der Waals surface area contributed by atoms with Gasteiger partial charge in [0, 0.05) is 17.6 Å². The number of unbranched alkanes of at least 4 members (excludes halogenated alkanes) is 1. The zero-order chi connectivity index (χ0) is 20.7. The highest BCUT2D eigenvalue weighted by atomic mass is 79.9. The fourth-order valence-corrected chi connectivity index (χ4v) is 3.69. The van der Waals surface area contributed by atoms with Crippen LogP contribution in [0.1, 0.15) is 33.6 Å². The van der Waals surface area contributed by atoms with Gasteiger partial charge in [0.15, 0.2) is 5.16 Å². The average molecular weight is 469 g/mol. The van der Waals surface area contributed by atoms with E-state index in [1.54, 1.807) is 16.7 Å². The van der Waals surface area contributed by atoms with Crippen LogP contribution in [0.5, 0.6) is 0 Å². The number of urea groups is 1. The van der Waals surface area contributed by atoms with Crippen LogP contribution in [-0.4, -0.2) is 33.8 Å². The fraction of sp³-hybridized carbons (Fsp3) is 0.474. The van der Waals surface area contributed by atoms with Crippen molar-refractivity contribution in [3.63, 3.8) is 0 Å². The van der Waals surface area contributed by atoms with Gasteiger partial charge in [-0.1, -0.05) is 54.9 Å². The van der Waals surface area contributed by atoms with Gasteiger partial charge in [0.25, 0.3) is 5.56 Å². The third kappa shape index (κ3) is 6.34. The molecule has 7 nitrogen and oxygen atoms in total. The fourth-order valence-electron chi connectivity index (χ4n) is 2.52. The highest BCUT2D eigenvalue weighted by Crippen LogP contribution is 2.21. The number of thioether (sulfide) groups is 1. The van der Waals surface area contributed by atoms with Gasteiger partial charge in [-0.15, -0.1) is 0 Å². The summed E-state index contributed by atoms with van der Waals surface area (Å²) in [6, 6.07) is 4.84. The predicted octanol–water partition coefficient (Wildman–Crippen LogP) is 3.53. The summed E-state index contributed by atoms with van der Waals surface area (Å²) in [5.74, 6) is -0.199. The van der Waals surface area contributed by atoms with E-state index in [1.165, 1.54) is 0 Å². The minimum Gasteiger partial charge on any atom is -0.338 e. The number of carbonyl (C=O) groups excluding carboxylic acids is 2. The van der Waals surface area contributed by atoms with Crippen molar-refractivity contribution in [3.8, 4) is 0 Å². The first-order valence-electron chi connectivity index (χ1n) is 9.22. The minimum atomic E-state index is -0.505. The second kappa shape index (κ2) is 10.6. The van der Waals surface area contributed by atoms with Crippen molar-refractivity contribution in [3.05, 3.63) is 33.0 Å². The molecule has 0 radical (unpaired) electrons. The van der Waals surface area contributed by atoms with Gasteiger partial charge in [-0.25, -0.2) is 9.78 Å². The van der Waals surface area contributed by atoms with Crippen LogP contribution in [0.4, 0.5) is 4.79 Å². The molecule has 2 aromatic rings.